The maximum absolute atomic E-state index is 13.6. The molecule has 0 bridgehead atoms. The Morgan fingerprint density at radius 1 is 1.20 bits per heavy atom. The molecular formula is C14H22BrFIN3. The average molecular weight is 458 g/mol. The highest BCUT2D eigenvalue weighted by atomic mass is 127. The lowest BCUT2D eigenvalue weighted by atomic mass is 10.1. The molecule has 0 atom stereocenters. The van der Waals surface area contributed by atoms with Gasteiger partial charge in [0, 0.05) is 39.2 Å². The Bertz CT molecular complexity index is 440. The van der Waals surface area contributed by atoms with Gasteiger partial charge >= 0.3 is 0 Å². The van der Waals surface area contributed by atoms with Crippen molar-refractivity contribution in [2.75, 3.05) is 34.7 Å². The van der Waals surface area contributed by atoms with Crippen LogP contribution < -0.4 is 0 Å². The summed E-state index contributed by atoms with van der Waals surface area (Å²) >= 11 is 3.26. The smallest absolute Gasteiger partial charge is 0.195 e. The lowest BCUT2D eigenvalue weighted by Gasteiger charge is -2.22. The number of rotatable bonds is 4. The third-order valence-corrected chi connectivity index (χ3v) is 3.17. The van der Waals surface area contributed by atoms with Crippen molar-refractivity contribution < 1.29 is 4.39 Å². The van der Waals surface area contributed by atoms with Crippen molar-refractivity contribution in [3.63, 3.8) is 0 Å². The zero-order valence-electron chi connectivity index (χ0n) is 12.4. The lowest BCUT2D eigenvalue weighted by Crippen LogP contribution is -2.35. The van der Waals surface area contributed by atoms with Gasteiger partial charge in [0.25, 0.3) is 0 Å². The normalized spacial score (nSPS) is 9.70. The molecule has 0 aromatic heterocycles. The van der Waals surface area contributed by atoms with Crippen molar-refractivity contribution in [3.05, 3.63) is 34.1 Å². The van der Waals surface area contributed by atoms with Crippen molar-refractivity contribution in [2.45, 2.75) is 12.8 Å². The monoisotopic (exact) mass is 457 g/mol. The van der Waals surface area contributed by atoms with Gasteiger partial charge < -0.3 is 9.80 Å². The molecule has 114 valence electrons. The summed E-state index contributed by atoms with van der Waals surface area (Å²) in [6, 6.07) is 5.19. The molecular weight excluding hydrogens is 436 g/mol. The first-order chi connectivity index (χ1) is 8.91. The number of nitrogens with zero attached hydrogens (tertiary/aromatic N) is 3. The van der Waals surface area contributed by atoms with E-state index in [2.05, 4.69) is 20.9 Å². The topological polar surface area (TPSA) is 18.8 Å². The number of guanidine groups is 1. The quantitative estimate of drug-likeness (QED) is 0.297. The van der Waals surface area contributed by atoms with Crippen LogP contribution in [0.15, 0.2) is 27.7 Å². The largest absolute Gasteiger partial charge is 0.349 e. The first kappa shape index (κ1) is 19.6. The number of hydrogen-bond donors (Lipinski definition) is 0. The minimum atomic E-state index is -0.154. The molecule has 0 aliphatic rings. The van der Waals surface area contributed by atoms with E-state index in [9.17, 15) is 4.39 Å². The van der Waals surface area contributed by atoms with Gasteiger partial charge in [0.1, 0.15) is 5.82 Å². The molecule has 0 spiro atoms. The van der Waals surface area contributed by atoms with Crippen LogP contribution in [-0.4, -0.2) is 50.5 Å². The van der Waals surface area contributed by atoms with E-state index in [4.69, 9.17) is 0 Å². The number of aryl methyl sites for hydroxylation is 1. The molecule has 0 fully saturated rings. The number of benzene rings is 1. The summed E-state index contributed by atoms with van der Waals surface area (Å²) in [6.45, 7) is 0.696. The molecule has 1 aromatic carbocycles. The Kier molecular flexibility index (Phi) is 9.37. The molecule has 1 aromatic rings. The molecule has 0 heterocycles. The second-order valence-electron chi connectivity index (χ2n) is 4.81. The van der Waals surface area contributed by atoms with E-state index in [1.165, 1.54) is 6.07 Å². The van der Waals surface area contributed by atoms with Crippen LogP contribution in [-0.2, 0) is 6.42 Å². The van der Waals surface area contributed by atoms with Gasteiger partial charge in [0.15, 0.2) is 5.96 Å². The average Bonchev–Trinajstić information content (AvgIpc) is 2.30. The summed E-state index contributed by atoms with van der Waals surface area (Å²) in [6.07, 6.45) is 1.54. The molecule has 6 heteroatoms. The minimum Gasteiger partial charge on any atom is -0.349 e. The van der Waals surface area contributed by atoms with E-state index in [0.717, 1.165) is 22.4 Å². The maximum atomic E-state index is 13.6. The van der Waals surface area contributed by atoms with Crippen molar-refractivity contribution in [2.24, 2.45) is 4.99 Å². The van der Waals surface area contributed by atoms with Gasteiger partial charge in [-0.25, -0.2) is 4.39 Å². The van der Waals surface area contributed by atoms with Crippen LogP contribution in [0, 0.1) is 5.82 Å². The van der Waals surface area contributed by atoms with Crippen LogP contribution in [0.2, 0.25) is 0 Å². The van der Waals surface area contributed by atoms with Crippen molar-refractivity contribution in [1.82, 2.24) is 9.80 Å². The minimum absolute atomic E-state index is 0. The molecule has 0 saturated carbocycles. The van der Waals surface area contributed by atoms with Crippen LogP contribution in [0.5, 0.6) is 0 Å². The fourth-order valence-corrected chi connectivity index (χ4v) is 2.19. The van der Waals surface area contributed by atoms with Gasteiger partial charge in [-0.1, -0.05) is 22.0 Å². The van der Waals surface area contributed by atoms with Crippen molar-refractivity contribution >= 4 is 45.9 Å². The van der Waals surface area contributed by atoms with Crippen LogP contribution in [0.1, 0.15) is 12.0 Å². The SMILES string of the molecule is CN(C)C(=NCCCc1ccc(Br)cc1F)N(C)C.I. The Balaban J connectivity index is 0.00000361. The molecule has 20 heavy (non-hydrogen) atoms. The van der Waals surface area contributed by atoms with Gasteiger partial charge in [0.2, 0.25) is 0 Å². The molecule has 0 amide bonds. The fraction of sp³-hybridized carbons (Fsp3) is 0.500. The predicted octanol–water partition coefficient (Wildman–Crippen LogP) is 3.62. The first-order valence-electron chi connectivity index (χ1n) is 6.25. The third-order valence-electron chi connectivity index (χ3n) is 2.67. The predicted molar refractivity (Wildman–Crippen MR) is 97.5 cm³/mol. The number of halogens is 3. The summed E-state index contributed by atoms with van der Waals surface area (Å²) in [5.74, 6) is 0.773. The zero-order chi connectivity index (χ0) is 14.4. The molecule has 3 nitrogen and oxygen atoms in total. The zero-order valence-corrected chi connectivity index (χ0v) is 16.3. The summed E-state index contributed by atoms with van der Waals surface area (Å²) in [4.78, 5) is 8.47. The standard InChI is InChI=1S/C14H21BrFN3.HI/c1-18(2)14(19(3)4)17-9-5-6-11-7-8-12(15)10-13(11)16;/h7-8,10H,5-6,9H2,1-4H3;1H. The second kappa shape index (κ2) is 9.55. The Labute approximate surface area is 146 Å². The van der Waals surface area contributed by atoms with Gasteiger partial charge in [-0.2, -0.15) is 0 Å². The molecule has 1 rings (SSSR count). The highest BCUT2D eigenvalue weighted by Crippen LogP contribution is 2.16. The number of aliphatic imine (C=N–C) groups is 1. The van der Waals surface area contributed by atoms with Crippen LogP contribution in [0.4, 0.5) is 4.39 Å². The van der Waals surface area contributed by atoms with Gasteiger partial charge in [0.05, 0.1) is 0 Å². The Morgan fingerprint density at radius 2 is 1.80 bits per heavy atom. The molecule has 0 unspecified atom stereocenters. The van der Waals surface area contributed by atoms with Gasteiger partial charge in [-0.3, -0.25) is 4.99 Å². The highest BCUT2D eigenvalue weighted by Gasteiger charge is 2.05. The fourth-order valence-electron chi connectivity index (χ4n) is 1.86. The summed E-state index contributed by atoms with van der Waals surface area (Å²) in [5.41, 5.74) is 0.745. The van der Waals surface area contributed by atoms with E-state index < -0.39 is 0 Å². The van der Waals surface area contributed by atoms with Crippen molar-refractivity contribution in [1.29, 1.82) is 0 Å². The van der Waals surface area contributed by atoms with Gasteiger partial charge in [-0.15, -0.1) is 24.0 Å². The highest BCUT2D eigenvalue weighted by molar-refractivity contribution is 14.0. The molecule has 0 saturated heterocycles. The molecule has 0 N–H and O–H groups in total. The van der Waals surface area contributed by atoms with Crippen LogP contribution in [0.25, 0.3) is 0 Å². The third kappa shape index (κ3) is 6.39. The summed E-state index contributed by atoms with van der Waals surface area (Å²) in [5, 5.41) is 0. The summed E-state index contributed by atoms with van der Waals surface area (Å²) < 4.78 is 14.4. The molecule has 0 aliphatic heterocycles. The van der Waals surface area contributed by atoms with Crippen molar-refractivity contribution in [3.8, 4) is 0 Å². The maximum Gasteiger partial charge on any atom is 0.195 e. The van der Waals surface area contributed by atoms with E-state index in [1.54, 1.807) is 0 Å². The first-order valence-corrected chi connectivity index (χ1v) is 7.04. The van der Waals surface area contributed by atoms with Crippen LogP contribution >= 0.6 is 39.9 Å². The lowest BCUT2D eigenvalue weighted by molar-refractivity contribution is 0.478. The van der Waals surface area contributed by atoms with Crippen LogP contribution in [0.3, 0.4) is 0 Å². The molecule has 0 radical (unpaired) electrons. The summed E-state index contributed by atoms with van der Waals surface area (Å²) in [7, 11) is 7.86. The van der Waals surface area contributed by atoms with E-state index in [0.29, 0.717) is 13.0 Å². The van der Waals surface area contributed by atoms with E-state index in [1.807, 2.05) is 50.1 Å². The Morgan fingerprint density at radius 3 is 2.30 bits per heavy atom. The second-order valence-corrected chi connectivity index (χ2v) is 5.73. The number of hydrogen-bond acceptors (Lipinski definition) is 1. The van der Waals surface area contributed by atoms with Gasteiger partial charge in [-0.05, 0) is 30.5 Å². The van der Waals surface area contributed by atoms with E-state index in [-0.39, 0.29) is 29.8 Å². The van der Waals surface area contributed by atoms with E-state index >= 15 is 0 Å². The Hall–Kier alpha value is -0.370. The molecule has 0 aliphatic carbocycles.